The highest BCUT2D eigenvalue weighted by molar-refractivity contribution is 9.09. The second kappa shape index (κ2) is 13.5. The van der Waals surface area contributed by atoms with Crippen LogP contribution in [0.1, 0.15) is 65.9 Å². The number of aliphatic hydroxyl groups excluding tert-OH is 1. The number of ether oxygens (including phenoxy) is 1. The van der Waals surface area contributed by atoms with Gasteiger partial charge in [-0.25, -0.2) is 0 Å². The van der Waals surface area contributed by atoms with Crippen molar-refractivity contribution in [3.8, 4) is 0 Å². The molecule has 3 amide bonds. The van der Waals surface area contributed by atoms with Crippen molar-refractivity contribution < 1.29 is 24.2 Å². The van der Waals surface area contributed by atoms with Crippen LogP contribution in [0.5, 0.6) is 0 Å². The fraction of sp³-hybridized carbons (Fsp3) is 0.629. The van der Waals surface area contributed by atoms with Crippen LogP contribution in [0.25, 0.3) is 0 Å². The van der Waals surface area contributed by atoms with E-state index in [0.717, 1.165) is 12.0 Å². The summed E-state index contributed by atoms with van der Waals surface area (Å²) in [7, 11) is 0. The number of aliphatic hydroxyl groups is 1. The molecule has 3 fully saturated rings. The lowest BCUT2D eigenvalue weighted by Gasteiger charge is -2.45. The van der Waals surface area contributed by atoms with E-state index >= 15 is 0 Å². The molecule has 1 N–H and O–H groups in total. The normalized spacial score (nSPS) is 27.8. The lowest BCUT2D eigenvalue weighted by Crippen LogP contribution is -2.61. The van der Waals surface area contributed by atoms with Crippen molar-refractivity contribution in [3.05, 3.63) is 61.2 Å². The summed E-state index contributed by atoms with van der Waals surface area (Å²) in [4.78, 5) is 48.8. The van der Waals surface area contributed by atoms with Gasteiger partial charge in [-0.15, -0.1) is 13.2 Å². The first kappa shape index (κ1) is 34.4. The number of nitrogens with zero attached hydrogens (tertiary/aromatic N) is 3. The number of alkyl halides is 1. The maximum atomic E-state index is 14.9. The Morgan fingerprint density at radius 2 is 1.75 bits per heavy atom. The van der Waals surface area contributed by atoms with Gasteiger partial charge in [0.25, 0.3) is 0 Å². The van der Waals surface area contributed by atoms with Gasteiger partial charge in [-0.3, -0.25) is 14.4 Å². The molecule has 44 heavy (non-hydrogen) atoms. The van der Waals surface area contributed by atoms with E-state index in [4.69, 9.17) is 4.74 Å². The third-order valence-electron chi connectivity index (χ3n) is 9.26. The highest BCUT2D eigenvalue weighted by Gasteiger charge is 2.77. The molecule has 0 aliphatic carbocycles. The zero-order valence-corrected chi connectivity index (χ0v) is 28.6. The Bertz CT molecular complexity index is 1230. The summed E-state index contributed by atoms with van der Waals surface area (Å²) in [5.74, 6) is -2.08. The zero-order valence-electron chi connectivity index (χ0n) is 27.0. The van der Waals surface area contributed by atoms with Crippen LogP contribution in [0.2, 0.25) is 0 Å². The fourth-order valence-electron chi connectivity index (χ4n) is 8.03. The molecule has 4 rings (SSSR count). The topological polar surface area (TPSA) is 90.4 Å². The molecule has 3 unspecified atom stereocenters. The van der Waals surface area contributed by atoms with Gasteiger partial charge in [0, 0.05) is 43.2 Å². The molecule has 3 heterocycles. The molecule has 1 aromatic rings. The summed E-state index contributed by atoms with van der Waals surface area (Å²) >= 11 is 3.80. The Balaban J connectivity index is 1.76. The number of rotatable bonds is 14. The summed E-state index contributed by atoms with van der Waals surface area (Å²) in [5, 5.41) is 9.52. The van der Waals surface area contributed by atoms with Crippen LogP contribution in [-0.4, -0.2) is 91.9 Å². The van der Waals surface area contributed by atoms with E-state index in [9.17, 15) is 19.5 Å². The Labute approximate surface area is 271 Å². The summed E-state index contributed by atoms with van der Waals surface area (Å²) in [5.41, 5.74) is -0.746. The quantitative estimate of drug-likeness (QED) is 0.172. The Hall–Kier alpha value is -2.49. The van der Waals surface area contributed by atoms with Crippen LogP contribution in [0.4, 0.5) is 0 Å². The first-order chi connectivity index (χ1) is 20.7. The van der Waals surface area contributed by atoms with Gasteiger partial charge in [0.2, 0.25) is 17.7 Å². The van der Waals surface area contributed by atoms with Gasteiger partial charge in [-0.05, 0) is 50.5 Å². The molecule has 8 nitrogen and oxygen atoms in total. The van der Waals surface area contributed by atoms with Crippen molar-refractivity contribution >= 4 is 33.7 Å². The molecule has 1 spiro atoms. The van der Waals surface area contributed by atoms with Crippen molar-refractivity contribution in [1.29, 1.82) is 0 Å². The number of halogens is 1. The van der Waals surface area contributed by atoms with E-state index in [2.05, 4.69) is 63.7 Å². The predicted molar refractivity (Wildman–Crippen MR) is 176 cm³/mol. The predicted octanol–water partition coefficient (Wildman–Crippen LogP) is 4.95. The molecular formula is C35H50BrN3O5. The molecule has 242 valence electrons. The SMILES string of the molecule is C=CCN(Cc1ccccc1)C(=O)[C@H]1[C@H]2C(=O)N(CCCCO)C(C(=O)N(CC=C)C(C)(C)CC(C)(C)C)C23CC(Br)[C@@H]1O3. The zero-order chi connectivity index (χ0) is 32.4. The number of carbonyl (C=O) groups excluding carboxylic acids is 3. The number of amides is 3. The highest BCUT2D eigenvalue weighted by atomic mass is 79.9. The first-order valence-corrected chi connectivity index (χ1v) is 16.7. The number of fused-ring (bicyclic) bond motifs is 1. The average molecular weight is 673 g/mol. The van der Waals surface area contributed by atoms with Crippen molar-refractivity contribution in [3.63, 3.8) is 0 Å². The van der Waals surface area contributed by atoms with Crippen LogP contribution >= 0.6 is 15.9 Å². The van der Waals surface area contributed by atoms with Crippen LogP contribution < -0.4 is 0 Å². The van der Waals surface area contributed by atoms with Crippen molar-refractivity contribution in [1.82, 2.24) is 14.7 Å². The molecule has 1 aromatic carbocycles. The number of carbonyl (C=O) groups is 3. The van der Waals surface area contributed by atoms with Gasteiger partial charge < -0.3 is 24.5 Å². The minimum absolute atomic E-state index is 0.00439. The summed E-state index contributed by atoms with van der Waals surface area (Å²) in [6.07, 6.45) is 5.13. The third-order valence-corrected chi connectivity index (χ3v) is 10.1. The number of hydrogen-bond acceptors (Lipinski definition) is 5. The van der Waals surface area contributed by atoms with Gasteiger partial charge in [0.05, 0.1) is 17.9 Å². The second-order valence-corrected chi connectivity index (χ2v) is 15.6. The minimum Gasteiger partial charge on any atom is -0.396 e. The first-order valence-electron chi connectivity index (χ1n) is 15.8. The van der Waals surface area contributed by atoms with Crippen LogP contribution in [0.3, 0.4) is 0 Å². The van der Waals surface area contributed by atoms with E-state index in [1.807, 2.05) is 35.2 Å². The van der Waals surface area contributed by atoms with Crippen LogP contribution in [0.15, 0.2) is 55.6 Å². The van der Waals surface area contributed by atoms with Gasteiger partial charge in [-0.2, -0.15) is 0 Å². The number of hydrogen-bond donors (Lipinski definition) is 1. The molecule has 6 atom stereocenters. The van der Waals surface area contributed by atoms with E-state index in [1.165, 1.54) is 0 Å². The van der Waals surface area contributed by atoms with Gasteiger partial charge in [0.1, 0.15) is 11.6 Å². The Kier molecular flexibility index (Phi) is 10.5. The smallest absolute Gasteiger partial charge is 0.249 e. The lowest BCUT2D eigenvalue weighted by atomic mass is 9.70. The van der Waals surface area contributed by atoms with Gasteiger partial charge in [-0.1, -0.05) is 79.2 Å². The Morgan fingerprint density at radius 3 is 2.34 bits per heavy atom. The largest absolute Gasteiger partial charge is 0.396 e. The maximum absolute atomic E-state index is 14.9. The minimum atomic E-state index is -1.14. The van der Waals surface area contributed by atoms with E-state index < -0.39 is 35.1 Å². The molecular weight excluding hydrogens is 622 g/mol. The molecule has 3 aliphatic heterocycles. The molecule has 2 bridgehead atoms. The lowest BCUT2D eigenvalue weighted by molar-refractivity contribution is -0.153. The molecule has 0 saturated carbocycles. The van der Waals surface area contributed by atoms with E-state index in [1.54, 1.807) is 22.0 Å². The number of unbranched alkanes of at least 4 members (excludes halogenated alkanes) is 1. The maximum Gasteiger partial charge on any atom is 0.249 e. The van der Waals surface area contributed by atoms with Crippen molar-refractivity contribution in [2.45, 2.75) is 95.0 Å². The summed E-state index contributed by atoms with van der Waals surface area (Å²) < 4.78 is 6.79. The highest BCUT2D eigenvalue weighted by Crippen LogP contribution is 2.60. The molecule has 9 heteroatoms. The third kappa shape index (κ3) is 6.56. The van der Waals surface area contributed by atoms with E-state index in [0.29, 0.717) is 45.4 Å². The molecule has 0 radical (unpaired) electrons. The van der Waals surface area contributed by atoms with Crippen molar-refractivity contribution in [2.75, 3.05) is 26.2 Å². The Morgan fingerprint density at radius 1 is 1.09 bits per heavy atom. The monoisotopic (exact) mass is 671 g/mol. The van der Waals surface area contributed by atoms with E-state index in [-0.39, 0.29) is 34.6 Å². The van der Waals surface area contributed by atoms with Crippen molar-refractivity contribution in [2.24, 2.45) is 17.3 Å². The summed E-state index contributed by atoms with van der Waals surface area (Å²) in [6, 6.07) is 8.87. The standard InChI is InChI=1S/C35H50BrN3O5/c1-8-17-37(22-24-15-11-10-12-16-24)30(41)26-27-31(42)38(19-13-14-20-40)29(35(27)21-25(36)28(26)44-35)32(43)39(18-9-2)34(6,7)23-33(3,4)5/h8-12,15-16,25-29,40H,1-2,13-14,17-23H2,3-7H3/t25?,26-,27-,28-,29?,35?/m0/s1. The fourth-order valence-corrected chi connectivity index (χ4v) is 8.98. The second-order valence-electron chi connectivity index (χ2n) is 14.4. The van der Waals surface area contributed by atoms with Gasteiger partial charge in [0.15, 0.2) is 0 Å². The average Bonchev–Trinajstić information content (AvgIpc) is 3.53. The molecule has 0 aromatic heterocycles. The van der Waals surface area contributed by atoms with Gasteiger partial charge >= 0.3 is 0 Å². The van der Waals surface area contributed by atoms with Crippen LogP contribution in [-0.2, 0) is 25.7 Å². The molecule has 3 aliphatic rings. The number of likely N-dealkylation sites (tertiary alicyclic amines) is 1. The van der Waals surface area contributed by atoms with Crippen LogP contribution in [0, 0.1) is 17.3 Å². The number of benzene rings is 1. The summed E-state index contributed by atoms with van der Waals surface area (Å²) in [6.45, 7) is 19.7. The molecule has 3 saturated heterocycles.